The van der Waals surface area contributed by atoms with E-state index < -0.39 is 20.0 Å². The number of amides is 1. The van der Waals surface area contributed by atoms with Crippen molar-refractivity contribution in [3.8, 4) is 0 Å². The summed E-state index contributed by atoms with van der Waals surface area (Å²) in [6, 6.07) is -0.790. The number of hydrogen-bond acceptors (Lipinski definition) is 6. The van der Waals surface area contributed by atoms with Crippen LogP contribution < -0.4 is 10.2 Å². The highest BCUT2D eigenvalue weighted by Gasteiger charge is 2.24. The average Bonchev–Trinajstić information content (AvgIpc) is 2.97. The number of hydrogen-bond donors (Lipinski definition) is 2. The Labute approximate surface area is 279 Å². The Hall–Kier alpha value is -0.500. The van der Waals surface area contributed by atoms with Crippen LogP contribution in [0.25, 0.3) is 0 Å². The minimum absolute atomic E-state index is 0.0154. The molecule has 3 unspecified atom stereocenters. The van der Waals surface area contributed by atoms with Crippen molar-refractivity contribution in [1.82, 2.24) is 5.32 Å². The molecule has 0 rings (SSSR count). The molecule has 45 heavy (non-hydrogen) atoms. The highest BCUT2D eigenvalue weighted by atomic mass is 31.2. The number of rotatable bonds is 34. The van der Waals surface area contributed by atoms with Crippen LogP contribution in [0.4, 0.5) is 0 Å². The summed E-state index contributed by atoms with van der Waals surface area (Å²) in [5, 5.41) is 13.8. The van der Waals surface area contributed by atoms with Gasteiger partial charge in [0.2, 0.25) is 5.91 Å². The molecule has 0 saturated carbocycles. The van der Waals surface area contributed by atoms with Crippen LogP contribution in [-0.4, -0.2) is 68.5 Å². The third-order valence-corrected chi connectivity index (χ3v) is 9.56. The lowest BCUT2D eigenvalue weighted by molar-refractivity contribution is -0.870. The van der Waals surface area contributed by atoms with Gasteiger partial charge < -0.3 is 28.8 Å². The minimum Gasteiger partial charge on any atom is -0.756 e. The molecule has 0 bridgehead atoms. The molecule has 0 heterocycles. The fraction of sp³-hybridized carbons (Fsp3) is 0.972. The van der Waals surface area contributed by atoms with E-state index in [4.69, 9.17) is 9.05 Å². The molecule has 3 atom stereocenters. The van der Waals surface area contributed by atoms with E-state index in [0.29, 0.717) is 23.9 Å². The first-order chi connectivity index (χ1) is 21.5. The highest BCUT2D eigenvalue weighted by molar-refractivity contribution is 7.45. The van der Waals surface area contributed by atoms with Gasteiger partial charge in [0, 0.05) is 6.42 Å². The summed E-state index contributed by atoms with van der Waals surface area (Å²) in [7, 11) is 1.31. The summed E-state index contributed by atoms with van der Waals surface area (Å²) in [5.74, 6) is -0.166. The fourth-order valence-electron chi connectivity index (χ4n) is 5.51. The maximum absolute atomic E-state index is 12.8. The number of phosphoric ester groups is 1. The summed E-state index contributed by atoms with van der Waals surface area (Å²) >= 11 is 0. The molecule has 9 heteroatoms. The van der Waals surface area contributed by atoms with Crippen molar-refractivity contribution in [3.05, 3.63) is 0 Å². The van der Waals surface area contributed by atoms with Gasteiger partial charge in [-0.1, -0.05) is 155 Å². The van der Waals surface area contributed by atoms with Crippen molar-refractivity contribution < 1.29 is 32.9 Å². The van der Waals surface area contributed by atoms with Crippen LogP contribution in [0.1, 0.15) is 174 Å². The number of carbonyl (C=O) groups excluding carboxylic acids is 1. The Balaban J connectivity index is 4.44. The molecule has 0 spiro atoms. The zero-order valence-corrected chi connectivity index (χ0v) is 31.2. The van der Waals surface area contributed by atoms with Crippen LogP contribution in [-0.2, 0) is 18.4 Å². The van der Waals surface area contributed by atoms with Crippen molar-refractivity contribution in [2.75, 3.05) is 40.9 Å². The van der Waals surface area contributed by atoms with Gasteiger partial charge in [0.15, 0.2) is 0 Å². The Kier molecular flexibility index (Phi) is 29.3. The van der Waals surface area contributed by atoms with E-state index in [0.717, 1.165) is 38.5 Å². The molecule has 0 saturated heterocycles. The standard InChI is InChI=1S/C36H75N2O6P/c1-6-8-10-12-14-16-18-19-20-22-24-26-28-30-36(40)37-34(33-44-45(41,42)43-32-31-38(3,4)5)35(39)29-27-25-23-21-17-15-13-11-9-7-2/h34-35,39H,6-33H2,1-5H3,(H-,37,40,41,42). The van der Waals surface area contributed by atoms with Crippen molar-refractivity contribution in [1.29, 1.82) is 0 Å². The molecule has 0 aliphatic rings. The van der Waals surface area contributed by atoms with Crippen LogP contribution >= 0.6 is 7.82 Å². The number of aliphatic hydroxyl groups excluding tert-OH is 1. The second-order valence-electron chi connectivity index (χ2n) is 14.3. The summed E-state index contributed by atoms with van der Waals surface area (Å²) in [6.07, 6.45) is 28.1. The summed E-state index contributed by atoms with van der Waals surface area (Å²) in [5.41, 5.74) is 0. The summed E-state index contributed by atoms with van der Waals surface area (Å²) < 4.78 is 23.1. The Morgan fingerprint density at radius 1 is 0.689 bits per heavy atom. The zero-order chi connectivity index (χ0) is 33.7. The first kappa shape index (κ1) is 44.5. The number of carbonyl (C=O) groups is 1. The monoisotopic (exact) mass is 663 g/mol. The molecule has 8 nitrogen and oxygen atoms in total. The molecular formula is C36H75N2O6P. The van der Waals surface area contributed by atoms with Crippen molar-refractivity contribution >= 4 is 13.7 Å². The normalized spacial score (nSPS) is 14.7. The molecular weight excluding hydrogens is 587 g/mol. The van der Waals surface area contributed by atoms with Gasteiger partial charge in [0.05, 0.1) is 39.9 Å². The smallest absolute Gasteiger partial charge is 0.268 e. The molecule has 0 aliphatic carbocycles. The Morgan fingerprint density at radius 3 is 1.51 bits per heavy atom. The van der Waals surface area contributed by atoms with Gasteiger partial charge in [0.1, 0.15) is 13.2 Å². The van der Waals surface area contributed by atoms with Crippen LogP contribution in [0.2, 0.25) is 0 Å². The van der Waals surface area contributed by atoms with Gasteiger partial charge >= 0.3 is 0 Å². The first-order valence-corrected chi connectivity index (χ1v) is 20.3. The van der Waals surface area contributed by atoms with Crippen LogP contribution in [0.15, 0.2) is 0 Å². The van der Waals surface area contributed by atoms with Gasteiger partial charge in [-0.2, -0.15) is 0 Å². The molecule has 2 N–H and O–H groups in total. The third kappa shape index (κ3) is 31.8. The summed E-state index contributed by atoms with van der Waals surface area (Å²) in [4.78, 5) is 25.1. The van der Waals surface area contributed by atoms with Crippen LogP contribution in [0.5, 0.6) is 0 Å². The van der Waals surface area contributed by atoms with Gasteiger partial charge in [-0.3, -0.25) is 9.36 Å². The molecule has 0 fully saturated rings. The lowest BCUT2D eigenvalue weighted by Crippen LogP contribution is -2.46. The average molecular weight is 663 g/mol. The second-order valence-corrected chi connectivity index (χ2v) is 15.7. The Bertz CT molecular complexity index is 718. The molecule has 0 aromatic heterocycles. The number of quaternary nitrogens is 1. The van der Waals surface area contributed by atoms with E-state index in [1.807, 2.05) is 21.1 Å². The van der Waals surface area contributed by atoms with Gasteiger partial charge in [-0.15, -0.1) is 0 Å². The molecule has 270 valence electrons. The van der Waals surface area contributed by atoms with Crippen LogP contribution in [0.3, 0.4) is 0 Å². The maximum atomic E-state index is 12.8. The van der Waals surface area contributed by atoms with Crippen LogP contribution in [0, 0.1) is 0 Å². The van der Waals surface area contributed by atoms with Crippen molar-refractivity contribution in [2.24, 2.45) is 0 Å². The number of aliphatic hydroxyl groups is 1. The molecule has 1 amide bonds. The Morgan fingerprint density at radius 2 is 1.09 bits per heavy atom. The van der Waals surface area contributed by atoms with Gasteiger partial charge in [0.25, 0.3) is 7.82 Å². The molecule has 0 radical (unpaired) electrons. The third-order valence-electron chi connectivity index (χ3n) is 8.60. The van der Waals surface area contributed by atoms with Crippen molar-refractivity contribution in [3.63, 3.8) is 0 Å². The van der Waals surface area contributed by atoms with E-state index in [1.54, 1.807) is 0 Å². The summed E-state index contributed by atoms with van der Waals surface area (Å²) in [6.45, 7) is 4.69. The largest absolute Gasteiger partial charge is 0.756 e. The predicted octanol–water partition coefficient (Wildman–Crippen LogP) is 8.83. The lowest BCUT2D eigenvalue weighted by atomic mass is 10.0. The van der Waals surface area contributed by atoms with E-state index in [2.05, 4.69) is 19.2 Å². The number of phosphoric acid groups is 1. The zero-order valence-electron chi connectivity index (χ0n) is 30.3. The van der Waals surface area contributed by atoms with Gasteiger partial charge in [-0.05, 0) is 12.8 Å². The van der Waals surface area contributed by atoms with E-state index in [-0.39, 0.29) is 19.1 Å². The fourth-order valence-corrected chi connectivity index (χ4v) is 6.23. The van der Waals surface area contributed by atoms with E-state index in [9.17, 15) is 19.4 Å². The van der Waals surface area contributed by atoms with E-state index >= 15 is 0 Å². The number of unbranched alkanes of at least 4 members (excludes halogenated alkanes) is 21. The number of likely N-dealkylation sites (N-methyl/N-ethyl adjacent to an activating group) is 1. The van der Waals surface area contributed by atoms with Crippen molar-refractivity contribution in [2.45, 2.75) is 187 Å². The second kappa shape index (κ2) is 29.6. The highest BCUT2D eigenvalue weighted by Crippen LogP contribution is 2.38. The number of nitrogens with one attached hydrogen (secondary N) is 1. The quantitative estimate of drug-likeness (QED) is 0.0405. The lowest BCUT2D eigenvalue weighted by Gasteiger charge is -2.30. The maximum Gasteiger partial charge on any atom is 0.268 e. The molecule has 0 aromatic rings. The first-order valence-electron chi connectivity index (χ1n) is 18.9. The SMILES string of the molecule is CCCCCCCCCCCCCCCC(=O)NC(COP(=O)([O-])OCC[N+](C)(C)C)C(O)CCCCCCCCCCCC. The topological polar surface area (TPSA) is 108 Å². The minimum atomic E-state index is -4.54. The molecule has 0 aromatic carbocycles. The predicted molar refractivity (Wildman–Crippen MR) is 187 cm³/mol. The van der Waals surface area contributed by atoms with Gasteiger partial charge in [-0.25, -0.2) is 0 Å². The van der Waals surface area contributed by atoms with E-state index in [1.165, 1.54) is 109 Å². The molecule has 0 aliphatic heterocycles. The number of nitrogens with zero attached hydrogens (tertiary/aromatic N) is 1.